The summed E-state index contributed by atoms with van der Waals surface area (Å²) in [6.07, 6.45) is 3.23. The molecule has 1 aromatic carbocycles. The first-order valence-corrected chi connectivity index (χ1v) is 7.05. The van der Waals surface area contributed by atoms with E-state index in [1.807, 2.05) is 18.2 Å². The molecule has 0 amide bonds. The Kier molecular flexibility index (Phi) is 5.22. The Morgan fingerprint density at radius 3 is 2.57 bits per heavy atom. The highest BCUT2D eigenvalue weighted by atomic mass is 35.5. The summed E-state index contributed by atoms with van der Waals surface area (Å²) in [5.74, 6) is 2.04. The van der Waals surface area contributed by atoms with Crippen LogP contribution in [0.1, 0.15) is 18.9 Å². The van der Waals surface area contributed by atoms with E-state index in [1.54, 1.807) is 14.2 Å². The van der Waals surface area contributed by atoms with Gasteiger partial charge >= 0.3 is 0 Å². The van der Waals surface area contributed by atoms with Crippen molar-refractivity contribution in [2.45, 2.75) is 19.8 Å². The number of methoxy groups -OCH3 is 2. The zero-order valence-corrected chi connectivity index (χ0v) is 13.1. The van der Waals surface area contributed by atoms with Crippen LogP contribution < -0.4 is 14.8 Å². The molecular weight excluding hydrogens is 290 g/mol. The van der Waals surface area contributed by atoms with Crippen LogP contribution in [0.3, 0.4) is 0 Å². The van der Waals surface area contributed by atoms with Gasteiger partial charge < -0.3 is 14.8 Å². The summed E-state index contributed by atoms with van der Waals surface area (Å²) in [6.45, 7) is 2.09. The van der Waals surface area contributed by atoms with Crippen molar-refractivity contribution >= 4 is 23.1 Å². The molecule has 0 bridgehead atoms. The largest absolute Gasteiger partial charge is 0.493 e. The van der Waals surface area contributed by atoms with Crippen LogP contribution in [0, 0.1) is 0 Å². The van der Waals surface area contributed by atoms with E-state index >= 15 is 0 Å². The van der Waals surface area contributed by atoms with Crippen LogP contribution in [0.5, 0.6) is 11.5 Å². The normalized spacial score (nSPS) is 10.3. The van der Waals surface area contributed by atoms with Crippen LogP contribution in [0.15, 0.2) is 24.5 Å². The van der Waals surface area contributed by atoms with Crippen molar-refractivity contribution in [3.05, 3.63) is 35.2 Å². The summed E-state index contributed by atoms with van der Waals surface area (Å²) in [7, 11) is 3.21. The molecule has 1 aromatic heterocycles. The molecule has 0 atom stereocenters. The zero-order valence-electron chi connectivity index (χ0n) is 12.3. The maximum atomic E-state index is 6.14. The molecule has 6 heteroatoms. The number of hydrogen-bond donors (Lipinski definition) is 1. The summed E-state index contributed by atoms with van der Waals surface area (Å²) in [6, 6.07) is 5.58. The summed E-state index contributed by atoms with van der Waals surface area (Å²) < 4.78 is 10.5. The van der Waals surface area contributed by atoms with Gasteiger partial charge in [0.25, 0.3) is 0 Å². The molecule has 0 saturated heterocycles. The molecule has 112 valence electrons. The van der Waals surface area contributed by atoms with Gasteiger partial charge in [-0.05, 0) is 18.6 Å². The minimum Gasteiger partial charge on any atom is -0.493 e. The lowest BCUT2D eigenvalue weighted by Crippen LogP contribution is -2.02. The van der Waals surface area contributed by atoms with Crippen LogP contribution in [0.25, 0.3) is 0 Å². The number of nitrogens with zero attached hydrogens (tertiary/aromatic N) is 2. The van der Waals surface area contributed by atoms with Crippen molar-refractivity contribution in [1.29, 1.82) is 0 Å². The predicted molar refractivity (Wildman–Crippen MR) is 83.9 cm³/mol. The monoisotopic (exact) mass is 307 g/mol. The number of aromatic nitrogens is 2. The first-order chi connectivity index (χ1) is 10.2. The van der Waals surface area contributed by atoms with Crippen molar-refractivity contribution < 1.29 is 9.47 Å². The second kappa shape index (κ2) is 7.13. The molecule has 0 aliphatic carbocycles. The first kappa shape index (κ1) is 15.4. The van der Waals surface area contributed by atoms with Crippen LogP contribution in [-0.4, -0.2) is 24.2 Å². The third kappa shape index (κ3) is 3.55. The highest BCUT2D eigenvalue weighted by Gasteiger charge is 2.11. The van der Waals surface area contributed by atoms with Crippen LogP contribution in [-0.2, 0) is 6.42 Å². The molecule has 21 heavy (non-hydrogen) atoms. The maximum absolute atomic E-state index is 6.14. The second-order valence-electron chi connectivity index (χ2n) is 4.44. The Balaban J connectivity index is 2.32. The number of ether oxygens (including phenoxy) is 2. The van der Waals surface area contributed by atoms with E-state index < -0.39 is 0 Å². The lowest BCUT2D eigenvalue weighted by atomic mass is 10.2. The Morgan fingerprint density at radius 1 is 1.14 bits per heavy atom. The molecule has 2 rings (SSSR count). The predicted octanol–water partition coefficient (Wildman–Crippen LogP) is 3.84. The lowest BCUT2D eigenvalue weighted by molar-refractivity contribution is 0.355. The van der Waals surface area contributed by atoms with E-state index in [-0.39, 0.29) is 0 Å². The van der Waals surface area contributed by atoms with Gasteiger partial charge in [0, 0.05) is 17.3 Å². The number of rotatable bonds is 6. The van der Waals surface area contributed by atoms with Crippen LogP contribution in [0.2, 0.25) is 5.15 Å². The lowest BCUT2D eigenvalue weighted by Gasteiger charge is -2.13. The fourth-order valence-corrected chi connectivity index (χ4v) is 2.25. The molecule has 0 spiro atoms. The molecule has 0 aliphatic rings. The number of nitrogens with one attached hydrogen (secondary N) is 1. The second-order valence-corrected chi connectivity index (χ2v) is 4.79. The van der Waals surface area contributed by atoms with E-state index in [2.05, 4.69) is 22.2 Å². The van der Waals surface area contributed by atoms with E-state index in [0.29, 0.717) is 22.5 Å². The van der Waals surface area contributed by atoms with Gasteiger partial charge in [0.15, 0.2) is 11.5 Å². The highest BCUT2D eigenvalue weighted by Crippen LogP contribution is 2.32. The Morgan fingerprint density at radius 2 is 1.90 bits per heavy atom. The fraction of sp³-hybridized carbons (Fsp3) is 0.333. The average molecular weight is 308 g/mol. The molecular formula is C15H18ClN3O2. The minimum atomic E-state index is 0.481. The van der Waals surface area contributed by atoms with Gasteiger partial charge in [-0.3, -0.25) is 0 Å². The Bertz CT molecular complexity index is 620. The van der Waals surface area contributed by atoms with Gasteiger partial charge in [-0.15, -0.1) is 0 Å². The van der Waals surface area contributed by atoms with Gasteiger partial charge in [0.2, 0.25) is 0 Å². The smallest absolute Gasteiger partial charge is 0.162 e. The van der Waals surface area contributed by atoms with Gasteiger partial charge in [-0.2, -0.15) is 0 Å². The molecule has 0 fully saturated rings. The topological polar surface area (TPSA) is 56.3 Å². The maximum Gasteiger partial charge on any atom is 0.162 e. The van der Waals surface area contributed by atoms with Gasteiger partial charge in [-0.1, -0.05) is 24.9 Å². The number of anilines is 2. The third-order valence-corrected chi connectivity index (χ3v) is 3.36. The zero-order chi connectivity index (χ0) is 15.2. The van der Waals surface area contributed by atoms with Crippen molar-refractivity contribution in [3.8, 4) is 11.5 Å². The number of halogens is 1. The highest BCUT2D eigenvalue weighted by molar-refractivity contribution is 6.30. The van der Waals surface area contributed by atoms with Crippen molar-refractivity contribution in [1.82, 2.24) is 9.97 Å². The number of hydrogen-bond acceptors (Lipinski definition) is 5. The third-order valence-electron chi connectivity index (χ3n) is 3.04. The molecule has 0 saturated carbocycles. The van der Waals surface area contributed by atoms with Crippen LogP contribution in [0.4, 0.5) is 11.5 Å². The van der Waals surface area contributed by atoms with Crippen LogP contribution >= 0.6 is 11.6 Å². The molecule has 1 heterocycles. The summed E-state index contributed by atoms with van der Waals surface area (Å²) in [5, 5.41) is 3.73. The molecule has 0 unspecified atom stereocenters. The summed E-state index contributed by atoms with van der Waals surface area (Å²) in [5.41, 5.74) is 1.76. The van der Waals surface area contributed by atoms with E-state index in [0.717, 1.165) is 24.1 Å². The van der Waals surface area contributed by atoms with Gasteiger partial charge in [-0.25, -0.2) is 9.97 Å². The van der Waals surface area contributed by atoms with Gasteiger partial charge in [0.1, 0.15) is 17.3 Å². The quantitative estimate of drug-likeness (QED) is 0.822. The van der Waals surface area contributed by atoms with E-state index in [4.69, 9.17) is 21.1 Å². The summed E-state index contributed by atoms with van der Waals surface area (Å²) in [4.78, 5) is 8.30. The molecule has 0 aliphatic heterocycles. The molecule has 0 radical (unpaired) electrons. The average Bonchev–Trinajstić information content (AvgIpc) is 2.50. The fourth-order valence-electron chi connectivity index (χ4n) is 2.02. The van der Waals surface area contributed by atoms with E-state index in [1.165, 1.54) is 6.33 Å². The first-order valence-electron chi connectivity index (χ1n) is 6.68. The van der Waals surface area contributed by atoms with E-state index in [9.17, 15) is 0 Å². The Hall–Kier alpha value is -2.01. The Labute approximate surface area is 129 Å². The number of benzene rings is 1. The van der Waals surface area contributed by atoms with Gasteiger partial charge in [0.05, 0.1) is 14.2 Å². The standard InChI is InChI=1S/C15H18ClN3O2/c1-4-5-11-14(16)17-9-18-15(11)19-10-6-7-12(20-2)13(8-10)21-3/h6-9H,4-5H2,1-3H3,(H,17,18,19). The molecule has 5 nitrogen and oxygen atoms in total. The minimum absolute atomic E-state index is 0.481. The van der Waals surface area contributed by atoms with Crippen molar-refractivity contribution in [2.24, 2.45) is 0 Å². The summed E-state index contributed by atoms with van der Waals surface area (Å²) >= 11 is 6.14. The molecule has 1 N–H and O–H groups in total. The van der Waals surface area contributed by atoms with Crippen molar-refractivity contribution in [3.63, 3.8) is 0 Å². The SMILES string of the molecule is CCCc1c(Cl)ncnc1Nc1ccc(OC)c(OC)c1. The van der Waals surface area contributed by atoms with Crippen molar-refractivity contribution in [2.75, 3.05) is 19.5 Å². The molecule has 2 aromatic rings.